The van der Waals surface area contributed by atoms with E-state index in [1.807, 2.05) is 18.2 Å². The molecule has 28 heavy (non-hydrogen) atoms. The monoisotopic (exact) mass is 382 g/mol. The number of rotatable bonds is 5. The maximum absolute atomic E-state index is 12.5. The number of nitro benzene ring substituents is 1. The fourth-order valence-corrected chi connectivity index (χ4v) is 3.41. The molecule has 7 heteroatoms. The highest BCUT2D eigenvalue weighted by Crippen LogP contribution is 2.29. The van der Waals surface area contributed by atoms with Crippen LogP contribution >= 0.6 is 0 Å². The first kappa shape index (κ1) is 19.5. The first-order valence-corrected chi connectivity index (χ1v) is 9.21. The molecule has 1 aliphatic rings. The van der Waals surface area contributed by atoms with Gasteiger partial charge in [-0.3, -0.25) is 14.9 Å². The highest BCUT2D eigenvalue weighted by atomic mass is 16.6. The lowest BCUT2D eigenvalue weighted by Gasteiger charge is -2.27. The number of fused-ring (bicyclic) bond motifs is 1. The van der Waals surface area contributed by atoms with Crippen LogP contribution in [0, 0.1) is 17.0 Å². The smallest absolute Gasteiger partial charge is 0.339 e. The van der Waals surface area contributed by atoms with E-state index in [4.69, 9.17) is 4.74 Å². The lowest BCUT2D eigenvalue weighted by molar-refractivity contribution is -0.385. The van der Waals surface area contributed by atoms with Gasteiger partial charge in [0.2, 0.25) is 0 Å². The van der Waals surface area contributed by atoms with E-state index in [1.54, 1.807) is 6.92 Å². The Morgan fingerprint density at radius 3 is 2.75 bits per heavy atom. The fourth-order valence-electron chi connectivity index (χ4n) is 3.41. The number of nitrogens with zero attached hydrogens (tertiary/aromatic N) is 1. The summed E-state index contributed by atoms with van der Waals surface area (Å²) in [4.78, 5) is 35.3. The molecule has 2 aromatic carbocycles. The number of aryl methyl sites for hydroxylation is 2. The minimum atomic E-state index is -1.01. The van der Waals surface area contributed by atoms with Gasteiger partial charge in [0.15, 0.2) is 6.10 Å². The predicted molar refractivity (Wildman–Crippen MR) is 103 cm³/mol. The number of benzene rings is 2. The summed E-state index contributed by atoms with van der Waals surface area (Å²) in [5, 5.41) is 14.0. The third-order valence-electron chi connectivity index (χ3n) is 4.98. The molecule has 0 saturated heterocycles. The zero-order chi connectivity index (χ0) is 20.3. The van der Waals surface area contributed by atoms with Crippen LogP contribution in [0.25, 0.3) is 0 Å². The molecular formula is C21H22N2O5. The Bertz CT molecular complexity index is 925. The van der Waals surface area contributed by atoms with Gasteiger partial charge >= 0.3 is 5.97 Å². The second-order valence-electron chi connectivity index (χ2n) is 6.96. The number of amides is 1. The molecule has 0 radical (unpaired) electrons. The van der Waals surface area contributed by atoms with Crippen LogP contribution in [-0.4, -0.2) is 22.9 Å². The molecule has 0 saturated carbocycles. The molecule has 0 unspecified atom stereocenters. The molecule has 7 nitrogen and oxygen atoms in total. The molecule has 0 aromatic heterocycles. The van der Waals surface area contributed by atoms with Gasteiger partial charge in [-0.25, -0.2) is 4.79 Å². The predicted octanol–water partition coefficient (Wildman–Crippen LogP) is 3.64. The van der Waals surface area contributed by atoms with Crippen molar-refractivity contribution in [1.29, 1.82) is 0 Å². The summed E-state index contributed by atoms with van der Waals surface area (Å²) in [5.41, 5.74) is 2.64. The highest BCUT2D eigenvalue weighted by molar-refractivity contribution is 5.93. The number of carbonyl (C=O) groups excluding carboxylic acids is 2. The van der Waals surface area contributed by atoms with Gasteiger partial charge in [-0.1, -0.05) is 30.3 Å². The Hall–Kier alpha value is -3.22. The van der Waals surface area contributed by atoms with Gasteiger partial charge < -0.3 is 10.1 Å². The van der Waals surface area contributed by atoms with Crippen molar-refractivity contribution in [2.24, 2.45) is 0 Å². The van der Waals surface area contributed by atoms with Crippen LogP contribution in [0.3, 0.4) is 0 Å². The largest absolute Gasteiger partial charge is 0.449 e. The SMILES string of the molecule is Cc1ccc(C(=O)O[C@@H](C)C(=O)N[C@H]2CCCc3ccccc32)cc1[N+](=O)[O-]. The van der Waals surface area contributed by atoms with Crippen LogP contribution < -0.4 is 5.32 Å². The lowest BCUT2D eigenvalue weighted by atomic mass is 9.87. The lowest BCUT2D eigenvalue weighted by Crippen LogP contribution is -2.39. The van der Waals surface area contributed by atoms with Crippen LogP contribution in [0.1, 0.15) is 52.9 Å². The maximum Gasteiger partial charge on any atom is 0.339 e. The summed E-state index contributed by atoms with van der Waals surface area (Å²) in [6.45, 7) is 3.08. The van der Waals surface area contributed by atoms with Crippen molar-refractivity contribution >= 4 is 17.6 Å². The Morgan fingerprint density at radius 1 is 1.25 bits per heavy atom. The normalized spacial score (nSPS) is 16.6. The molecule has 0 fully saturated rings. The standard InChI is InChI=1S/C21H22N2O5/c1-13-10-11-16(12-19(13)23(26)27)21(25)28-14(2)20(24)22-18-9-5-7-15-6-3-4-8-17(15)18/h3-4,6,8,10-12,14,18H,5,7,9H2,1-2H3,(H,22,24)/t14-,18-/m0/s1. The van der Waals surface area contributed by atoms with Crippen molar-refractivity contribution in [1.82, 2.24) is 5.32 Å². The van der Waals surface area contributed by atoms with E-state index in [2.05, 4.69) is 11.4 Å². The quantitative estimate of drug-likeness (QED) is 0.484. The van der Waals surface area contributed by atoms with E-state index in [0.29, 0.717) is 5.56 Å². The molecule has 1 N–H and O–H groups in total. The number of hydrogen-bond donors (Lipinski definition) is 1. The molecule has 3 rings (SSSR count). The maximum atomic E-state index is 12.5. The van der Waals surface area contributed by atoms with Crippen molar-refractivity contribution in [3.8, 4) is 0 Å². The second-order valence-corrected chi connectivity index (χ2v) is 6.96. The first-order valence-electron chi connectivity index (χ1n) is 9.21. The number of nitrogens with one attached hydrogen (secondary N) is 1. The average Bonchev–Trinajstić information content (AvgIpc) is 2.68. The topological polar surface area (TPSA) is 98.5 Å². The number of nitro groups is 1. The van der Waals surface area contributed by atoms with E-state index in [-0.39, 0.29) is 17.3 Å². The van der Waals surface area contributed by atoms with E-state index in [1.165, 1.54) is 30.7 Å². The Labute approximate surface area is 162 Å². The van der Waals surface area contributed by atoms with Gasteiger partial charge in [0.25, 0.3) is 11.6 Å². The molecule has 0 spiro atoms. The van der Waals surface area contributed by atoms with Crippen LogP contribution in [-0.2, 0) is 16.0 Å². The van der Waals surface area contributed by atoms with E-state index in [9.17, 15) is 19.7 Å². The first-order chi connectivity index (χ1) is 13.4. The van der Waals surface area contributed by atoms with E-state index >= 15 is 0 Å². The summed E-state index contributed by atoms with van der Waals surface area (Å²) in [6.07, 6.45) is 1.78. The van der Waals surface area contributed by atoms with Crippen LogP contribution in [0.5, 0.6) is 0 Å². The molecule has 2 atom stereocenters. The summed E-state index contributed by atoms with van der Waals surface area (Å²) >= 11 is 0. The molecular weight excluding hydrogens is 360 g/mol. The van der Waals surface area contributed by atoms with Gasteiger partial charge in [0.1, 0.15) is 0 Å². The number of esters is 1. The second kappa shape index (κ2) is 8.21. The van der Waals surface area contributed by atoms with Crippen molar-refractivity contribution < 1.29 is 19.2 Å². The third kappa shape index (κ3) is 4.19. The van der Waals surface area contributed by atoms with E-state index < -0.39 is 22.9 Å². The molecule has 2 aromatic rings. The molecule has 1 amide bonds. The molecule has 0 aliphatic heterocycles. The summed E-state index contributed by atoms with van der Waals surface area (Å²) in [7, 11) is 0. The van der Waals surface area contributed by atoms with Gasteiger partial charge in [-0.05, 0) is 50.3 Å². The third-order valence-corrected chi connectivity index (χ3v) is 4.98. The fraction of sp³-hybridized carbons (Fsp3) is 0.333. The average molecular weight is 382 g/mol. The van der Waals surface area contributed by atoms with Crippen LogP contribution in [0.2, 0.25) is 0 Å². The van der Waals surface area contributed by atoms with Crippen molar-refractivity contribution in [2.75, 3.05) is 0 Å². The number of carbonyl (C=O) groups is 2. The van der Waals surface area contributed by atoms with Crippen LogP contribution in [0.4, 0.5) is 5.69 Å². The van der Waals surface area contributed by atoms with Gasteiger partial charge in [0.05, 0.1) is 16.5 Å². The van der Waals surface area contributed by atoms with Gasteiger partial charge in [-0.15, -0.1) is 0 Å². The summed E-state index contributed by atoms with van der Waals surface area (Å²) in [5.74, 6) is -1.16. The van der Waals surface area contributed by atoms with Crippen molar-refractivity contribution in [3.05, 3.63) is 74.8 Å². The Kier molecular flexibility index (Phi) is 5.73. The number of ether oxygens (including phenoxy) is 1. The number of hydrogen-bond acceptors (Lipinski definition) is 5. The molecule has 146 valence electrons. The van der Waals surface area contributed by atoms with Gasteiger partial charge in [0, 0.05) is 11.6 Å². The zero-order valence-electron chi connectivity index (χ0n) is 15.8. The minimum absolute atomic E-state index is 0.0416. The van der Waals surface area contributed by atoms with Crippen molar-refractivity contribution in [3.63, 3.8) is 0 Å². The Morgan fingerprint density at radius 2 is 2.00 bits per heavy atom. The van der Waals surface area contributed by atoms with Crippen LogP contribution in [0.15, 0.2) is 42.5 Å². The van der Waals surface area contributed by atoms with Crippen molar-refractivity contribution in [2.45, 2.75) is 45.3 Å². The zero-order valence-corrected chi connectivity index (χ0v) is 15.8. The minimum Gasteiger partial charge on any atom is -0.449 e. The summed E-state index contributed by atoms with van der Waals surface area (Å²) < 4.78 is 5.23. The highest BCUT2D eigenvalue weighted by Gasteiger charge is 2.26. The molecule has 0 heterocycles. The van der Waals surface area contributed by atoms with Gasteiger partial charge in [-0.2, -0.15) is 0 Å². The van der Waals surface area contributed by atoms with E-state index in [0.717, 1.165) is 24.8 Å². The Balaban J connectivity index is 1.66. The molecule has 1 aliphatic carbocycles. The summed E-state index contributed by atoms with van der Waals surface area (Å²) in [6, 6.07) is 12.0. The molecule has 0 bridgehead atoms.